The molecule has 2 heterocycles. The second kappa shape index (κ2) is 6.01. The lowest BCUT2D eigenvalue weighted by Crippen LogP contribution is -2.27. The van der Waals surface area contributed by atoms with E-state index in [1.165, 1.54) is 11.8 Å². The summed E-state index contributed by atoms with van der Waals surface area (Å²) < 4.78 is -0.930. The Morgan fingerprint density at radius 2 is 1.91 bits per heavy atom. The van der Waals surface area contributed by atoms with E-state index >= 15 is 0 Å². The minimum absolute atomic E-state index is 0.844. The van der Waals surface area contributed by atoms with E-state index in [2.05, 4.69) is 9.97 Å². The Bertz CT molecular complexity index is 872. The van der Waals surface area contributed by atoms with Crippen molar-refractivity contribution >= 4 is 28.6 Å². The lowest BCUT2D eigenvalue weighted by atomic mass is 10.0. The van der Waals surface area contributed by atoms with Gasteiger partial charge in [-0.3, -0.25) is 14.8 Å². The zero-order valence-corrected chi connectivity index (χ0v) is 13.7. The number of benzene rings is 1. The summed E-state index contributed by atoms with van der Waals surface area (Å²) in [5.41, 5.74) is 2.91. The lowest BCUT2D eigenvalue weighted by molar-refractivity contribution is -0.138. The zero-order valence-electron chi connectivity index (χ0n) is 12.9. The predicted molar refractivity (Wildman–Crippen MR) is 92.5 cm³/mol. The first kappa shape index (κ1) is 15.5. The van der Waals surface area contributed by atoms with Crippen LogP contribution in [0.4, 0.5) is 0 Å². The molecule has 0 unspecified atom stereocenters. The Morgan fingerprint density at radius 1 is 1.09 bits per heavy atom. The van der Waals surface area contributed by atoms with Crippen LogP contribution in [0.5, 0.6) is 0 Å². The van der Waals surface area contributed by atoms with Crippen molar-refractivity contribution < 1.29 is 9.90 Å². The van der Waals surface area contributed by atoms with Gasteiger partial charge in [-0.25, -0.2) is 0 Å². The summed E-state index contributed by atoms with van der Waals surface area (Å²) in [5.74, 6) is -0.850. The van der Waals surface area contributed by atoms with Crippen molar-refractivity contribution in [3.05, 3.63) is 55.0 Å². The molecular weight excluding hydrogens is 308 g/mol. The number of nitrogens with zero attached hydrogens (tertiary/aromatic N) is 2. The van der Waals surface area contributed by atoms with E-state index in [1.54, 1.807) is 32.4 Å². The summed E-state index contributed by atoms with van der Waals surface area (Å²) in [6.07, 6.45) is 5.21. The number of aliphatic carboxylic acids is 1. The van der Waals surface area contributed by atoms with Gasteiger partial charge in [0.1, 0.15) is 4.75 Å². The molecule has 1 aromatic carbocycles. The Hall–Kier alpha value is -2.40. The standard InChI is InChI=1S/C18H16N2O2S/c1-18(2,17(21)22)23-16-11-19-10-8-14(16)12-5-3-7-15-13(12)6-4-9-20-15/h3-11H,1-2H3,(H,21,22). The molecule has 0 amide bonds. The fourth-order valence-electron chi connectivity index (χ4n) is 2.34. The fourth-order valence-corrected chi connectivity index (χ4v) is 3.38. The van der Waals surface area contributed by atoms with Gasteiger partial charge in [0.05, 0.1) is 5.52 Å². The van der Waals surface area contributed by atoms with Gasteiger partial charge in [-0.2, -0.15) is 0 Å². The average Bonchev–Trinajstić information content (AvgIpc) is 2.54. The van der Waals surface area contributed by atoms with Crippen LogP contribution in [-0.4, -0.2) is 25.8 Å². The SMILES string of the molecule is CC(C)(Sc1cnccc1-c1cccc2ncccc12)C(=O)O. The van der Waals surface area contributed by atoms with Crippen molar-refractivity contribution in [2.75, 3.05) is 0 Å². The second-order valence-corrected chi connectivity index (χ2v) is 7.33. The first-order valence-electron chi connectivity index (χ1n) is 7.19. The maximum atomic E-state index is 11.4. The molecule has 0 aliphatic carbocycles. The third-order valence-corrected chi connectivity index (χ3v) is 4.83. The molecule has 3 aromatic rings. The van der Waals surface area contributed by atoms with Gasteiger partial charge in [0.25, 0.3) is 0 Å². The van der Waals surface area contributed by atoms with Crippen molar-refractivity contribution in [2.45, 2.75) is 23.5 Å². The number of fused-ring (bicyclic) bond motifs is 1. The molecule has 23 heavy (non-hydrogen) atoms. The highest BCUT2D eigenvalue weighted by Crippen LogP contribution is 2.40. The topological polar surface area (TPSA) is 63.1 Å². The monoisotopic (exact) mass is 324 g/mol. The van der Waals surface area contributed by atoms with Crippen LogP contribution in [0.2, 0.25) is 0 Å². The summed E-state index contributed by atoms with van der Waals surface area (Å²) in [6, 6.07) is 11.8. The van der Waals surface area contributed by atoms with Crippen molar-refractivity contribution in [3.63, 3.8) is 0 Å². The van der Waals surface area contributed by atoms with Crippen LogP contribution in [0.25, 0.3) is 22.0 Å². The molecule has 0 bridgehead atoms. The highest BCUT2D eigenvalue weighted by Gasteiger charge is 2.29. The normalized spacial score (nSPS) is 11.6. The quantitative estimate of drug-likeness (QED) is 0.727. The second-order valence-electron chi connectivity index (χ2n) is 5.67. The van der Waals surface area contributed by atoms with E-state index in [9.17, 15) is 9.90 Å². The Morgan fingerprint density at radius 3 is 2.70 bits per heavy atom. The molecule has 2 aromatic heterocycles. The molecule has 0 fully saturated rings. The lowest BCUT2D eigenvalue weighted by Gasteiger charge is -2.20. The molecule has 0 aliphatic heterocycles. The van der Waals surface area contributed by atoms with Crippen molar-refractivity contribution in [1.29, 1.82) is 0 Å². The fraction of sp³-hybridized carbons (Fsp3) is 0.167. The number of pyridine rings is 2. The van der Waals surface area contributed by atoms with Crippen LogP contribution in [0.1, 0.15) is 13.8 Å². The number of carboxylic acids is 1. The number of aromatic nitrogens is 2. The van der Waals surface area contributed by atoms with Gasteiger partial charge in [-0.05, 0) is 43.2 Å². The van der Waals surface area contributed by atoms with E-state index in [-0.39, 0.29) is 0 Å². The number of carbonyl (C=O) groups is 1. The molecule has 0 radical (unpaired) electrons. The van der Waals surface area contributed by atoms with Crippen molar-refractivity contribution in [1.82, 2.24) is 9.97 Å². The van der Waals surface area contributed by atoms with Gasteiger partial charge in [0, 0.05) is 28.9 Å². The molecule has 0 saturated carbocycles. The molecule has 4 nitrogen and oxygen atoms in total. The number of thioether (sulfide) groups is 1. The molecule has 0 saturated heterocycles. The Balaban J connectivity index is 2.15. The molecule has 0 aliphatic rings. The van der Waals surface area contributed by atoms with Gasteiger partial charge in [-0.15, -0.1) is 11.8 Å². The molecule has 3 rings (SSSR count). The van der Waals surface area contributed by atoms with Gasteiger partial charge in [-0.1, -0.05) is 18.2 Å². The number of hydrogen-bond acceptors (Lipinski definition) is 4. The number of hydrogen-bond donors (Lipinski definition) is 1. The highest BCUT2D eigenvalue weighted by atomic mass is 32.2. The number of carboxylic acid groups (broad SMARTS) is 1. The first-order chi connectivity index (χ1) is 11.0. The molecule has 116 valence electrons. The number of rotatable bonds is 4. The van der Waals surface area contributed by atoms with Crippen LogP contribution in [0.3, 0.4) is 0 Å². The van der Waals surface area contributed by atoms with E-state index in [1.807, 2.05) is 36.4 Å². The van der Waals surface area contributed by atoms with Crippen LogP contribution >= 0.6 is 11.8 Å². The smallest absolute Gasteiger partial charge is 0.319 e. The third kappa shape index (κ3) is 3.05. The molecule has 1 N–H and O–H groups in total. The Kier molecular flexibility index (Phi) is 4.05. The third-order valence-electron chi connectivity index (χ3n) is 3.60. The van der Waals surface area contributed by atoms with Gasteiger partial charge < -0.3 is 5.11 Å². The molecule has 5 heteroatoms. The largest absolute Gasteiger partial charge is 0.480 e. The summed E-state index contributed by atoms with van der Waals surface area (Å²) >= 11 is 1.30. The van der Waals surface area contributed by atoms with E-state index < -0.39 is 10.7 Å². The molecular formula is C18H16N2O2S. The summed E-state index contributed by atoms with van der Waals surface area (Å²) in [7, 11) is 0. The first-order valence-corrected chi connectivity index (χ1v) is 8.01. The van der Waals surface area contributed by atoms with Gasteiger partial charge in [0.15, 0.2) is 0 Å². The Labute approximate surface area is 138 Å². The van der Waals surface area contributed by atoms with Crippen LogP contribution in [0.15, 0.2) is 59.9 Å². The van der Waals surface area contributed by atoms with Crippen LogP contribution < -0.4 is 0 Å². The average molecular weight is 324 g/mol. The van der Waals surface area contributed by atoms with Gasteiger partial charge in [0.2, 0.25) is 0 Å². The van der Waals surface area contributed by atoms with Gasteiger partial charge >= 0.3 is 5.97 Å². The van der Waals surface area contributed by atoms with Crippen molar-refractivity contribution in [3.8, 4) is 11.1 Å². The van der Waals surface area contributed by atoms with Crippen LogP contribution in [0, 0.1) is 0 Å². The summed E-state index contributed by atoms with van der Waals surface area (Å²) in [4.78, 5) is 20.8. The molecule has 0 atom stereocenters. The van der Waals surface area contributed by atoms with E-state index in [4.69, 9.17) is 0 Å². The summed E-state index contributed by atoms with van der Waals surface area (Å²) in [6.45, 7) is 3.39. The minimum atomic E-state index is -0.930. The maximum Gasteiger partial charge on any atom is 0.319 e. The van der Waals surface area contributed by atoms with E-state index in [0.717, 1.165) is 26.9 Å². The van der Waals surface area contributed by atoms with Crippen LogP contribution in [-0.2, 0) is 4.79 Å². The predicted octanol–water partition coefficient (Wildman–Crippen LogP) is 4.25. The minimum Gasteiger partial charge on any atom is -0.480 e. The maximum absolute atomic E-state index is 11.4. The highest BCUT2D eigenvalue weighted by molar-refractivity contribution is 8.01. The zero-order chi connectivity index (χ0) is 16.4. The van der Waals surface area contributed by atoms with E-state index in [0.29, 0.717) is 0 Å². The van der Waals surface area contributed by atoms with Crippen molar-refractivity contribution in [2.24, 2.45) is 0 Å². The summed E-state index contributed by atoms with van der Waals surface area (Å²) in [5, 5.41) is 10.4. The molecule has 0 spiro atoms.